The Morgan fingerprint density at radius 2 is 1.34 bits per heavy atom. The van der Waals surface area contributed by atoms with Crippen LogP contribution in [0.25, 0.3) is 11.4 Å². The molecule has 2 amide bonds. The van der Waals surface area contributed by atoms with Crippen LogP contribution in [-0.2, 0) is 0 Å². The summed E-state index contributed by atoms with van der Waals surface area (Å²) < 4.78 is 0. The first kappa shape index (κ1) is 23.2. The summed E-state index contributed by atoms with van der Waals surface area (Å²) in [6, 6.07) is 5.62. The average molecular weight is 437 g/mol. The van der Waals surface area contributed by atoms with Crippen LogP contribution in [0.15, 0.2) is 24.3 Å². The van der Waals surface area contributed by atoms with Gasteiger partial charge in [-0.2, -0.15) is 0 Å². The van der Waals surface area contributed by atoms with E-state index in [1.54, 1.807) is 0 Å². The first-order valence-electron chi connectivity index (χ1n) is 10.8. The molecule has 2 N–H and O–H groups in total. The Morgan fingerprint density at radius 3 is 1.78 bits per heavy atom. The van der Waals surface area contributed by atoms with E-state index in [0.29, 0.717) is 24.3 Å². The third-order valence-corrected chi connectivity index (χ3v) is 5.64. The smallest absolute Gasteiger partial charge is 0.269 e. The van der Waals surface area contributed by atoms with Gasteiger partial charge in [0.1, 0.15) is 22.8 Å². The Balaban J connectivity index is 1.94. The van der Waals surface area contributed by atoms with Gasteiger partial charge >= 0.3 is 0 Å². The van der Waals surface area contributed by atoms with E-state index in [1.807, 2.05) is 0 Å². The number of carbonyl (C=O) groups is 4. The number of hydrogen-bond donors (Lipinski definition) is 2. The van der Waals surface area contributed by atoms with Crippen molar-refractivity contribution >= 4 is 23.4 Å². The summed E-state index contributed by atoms with van der Waals surface area (Å²) in [6.45, 7) is 9.08. The molecule has 32 heavy (non-hydrogen) atoms. The maximum Gasteiger partial charge on any atom is 0.269 e. The van der Waals surface area contributed by atoms with Gasteiger partial charge in [-0.1, -0.05) is 27.7 Å². The third-order valence-electron chi connectivity index (χ3n) is 5.64. The molecule has 2 heterocycles. The number of carbonyl (C=O) groups excluding carboxylic acids is 4. The van der Waals surface area contributed by atoms with Crippen LogP contribution < -0.4 is 10.6 Å². The van der Waals surface area contributed by atoms with E-state index >= 15 is 0 Å². The van der Waals surface area contributed by atoms with E-state index in [0.717, 1.165) is 6.42 Å². The van der Waals surface area contributed by atoms with Gasteiger partial charge in [-0.15, -0.1) is 0 Å². The quantitative estimate of drug-likeness (QED) is 0.644. The summed E-state index contributed by atoms with van der Waals surface area (Å²) in [5, 5.41) is 5.41. The van der Waals surface area contributed by atoms with Gasteiger partial charge in [-0.25, -0.2) is 9.97 Å². The summed E-state index contributed by atoms with van der Waals surface area (Å²) in [5.74, 6) is -0.964. The lowest BCUT2D eigenvalue weighted by Gasteiger charge is -2.23. The molecule has 168 valence electrons. The minimum atomic E-state index is -0.712. The number of Topliss-reactive ketones (excluding diaryl/α,β-unsaturated/α-hetero) is 2. The predicted molar refractivity (Wildman–Crippen MR) is 120 cm³/mol. The second kappa shape index (κ2) is 9.38. The highest BCUT2D eigenvalue weighted by Gasteiger charge is 2.34. The summed E-state index contributed by atoms with van der Waals surface area (Å²) >= 11 is 0. The topological polar surface area (TPSA) is 118 Å². The molecular formula is C24H28N4O4. The minimum absolute atomic E-state index is 0.0667. The highest BCUT2D eigenvalue weighted by atomic mass is 16.2. The molecule has 2 aromatic rings. The zero-order chi connectivity index (χ0) is 23.6. The van der Waals surface area contributed by atoms with Gasteiger partial charge in [0.15, 0.2) is 0 Å². The van der Waals surface area contributed by atoms with Crippen LogP contribution in [0, 0.1) is 17.8 Å². The number of aromatic nitrogens is 2. The van der Waals surface area contributed by atoms with Crippen LogP contribution >= 0.6 is 0 Å². The first-order valence-corrected chi connectivity index (χ1v) is 10.8. The molecule has 0 fully saturated rings. The SMILES string of the molecule is CNC(=O)c1ccc2c(n1)-c1nc(C(=O)NCC(CC(C)C)C(C)C)ccc1C(=O)C2=O. The normalized spacial score (nSPS) is 13.6. The summed E-state index contributed by atoms with van der Waals surface area (Å²) in [4.78, 5) is 58.5. The lowest BCUT2D eigenvalue weighted by molar-refractivity contribution is 0.0814. The fourth-order valence-corrected chi connectivity index (χ4v) is 3.78. The number of pyridine rings is 2. The molecule has 0 bridgehead atoms. The van der Waals surface area contributed by atoms with Crippen molar-refractivity contribution in [3.05, 3.63) is 46.8 Å². The second-order valence-corrected chi connectivity index (χ2v) is 8.77. The number of ketones is 2. The molecule has 8 nitrogen and oxygen atoms in total. The lowest BCUT2D eigenvalue weighted by Crippen LogP contribution is -2.33. The number of fused-ring (bicyclic) bond motifs is 3. The minimum Gasteiger partial charge on any atom is -0.354 e. The number of nitrogens with zero attached hydrogens (tertiary/aromatic N) is 2. The van der Waals surface area contributed by atoms with Crippen LogP contribution in [0.2, 0.25) is 0 Å². The van der Waals surface area contributed by atoms with Crippen molar-refractivity contribution in [1.29, 1.82) is 0 Å². The van der Waals surface area contributed by atoms with Crippen molar-refractivity contribution in [3.63, 3.8) is 0 Å². The fourth-order valence-electron chi connectivity index (χ4n) is 3.78. The molecule has 3 rings (SSSR count). The van der Waals surface area contributed by atoms with Gasteiger partial charge in [0, 0.05) is 13.6 Å². The monoisotopic (exact) mass is 436 g/mol. The van der Waals surface area contributed by atoms with E-state index in [4.69, 9.17) is 0 Å². The number of nitrogens with one attached hydrogen (secondary N) is 2. The highest BCUT2D eigenvalue weighted by Crippen LogP contribution is 2.31. The molecule has 2 aromatic heterocycles. The zero-order valence-corrected chi connectivity index (χ0v) is 19.0. The fraction of sp³-hybridized carbons (Fsp3) is 0.417. The molecule has 0 radical (unpaired) electrons. The van der Waals surface area contributed by atoms with E-state index in [-0.39, 0.29) is 39.8 Å². The molecule has 1 aliphatic rings. The lowest BCUT2D eigenvalue weighted by atomic mass is 9.87. The molecular weight excluding hydrogens is 408 g/mol. The molecule has 1 unspecified atom stereocenters. The molecule has 0 spiro atoms. The Hall–Kier alpha value is -3.42. The maximum absolute atomic E-state index is 12.8. The number of amides is 2. The summed E-state index contributed by atoms with van der Waals surface area (Å²) in [5.41, 5.74) is 0.601. The van der Waals surface area contributed by atoms with E-state index in [9.17, 15) is 19.2 Å². The predicted octanol–water partition coefficient (Wildman–Crippen LogP) is 2.93. The van der Waals surface area contributed by atoms with Crippen molar-refractivity contribution in [1.82, 2.24) is 20.6 Å². The maximum atomic E-state index is 12.8. The standard InChI is InChI=1S/C24H28N4O4/c1-12(2)10-14(13(3)4)11-26-24(32)18-9-7-16-20(28-18)19-15(21(29)22(16)30)6-8-17(27-19)23(31)25-5/h6-9,12-14H,10-11H2,1-5H3,(H,25,31)(H,26,32). The van der Waals surface area contributed by atoms with Crippen molar-refractivity contribution in [3.8, 4) is 11.4 Å². The zero-order valence-electron chi connectivity index (χ0n) is 19.0. The van der Waals surface area contributed by atoms with Crippen molar-refractivity contribution in [2.75, 3.05) is 13.6 Å². The molecule has 8 heteroatoms. The molecule has 0 aromatic carbocycles. The van der Waals surface area contributed by atoms with Crippen LogP contribution in [0.4, 0.5) is 0 Å². The van der Waals surface area contributed by atoms with Crippen LogP contribution in [0.5, 0.6) is 0 Å². The van der Waals surface area contributed by atoms with Gasteiger partial charge in [0.05, 0.1) is 11.1 Å². The molecule has 1 aliphatic carbocycles. The van der Waals surface area contributed by atoms with E-state index < -0.39 is 17.5 Å². The van der Waals surface area contributed by atoms with Gasteiger partial charge in [0.25, 0.3) is 11.8 Å². The molecule has 0 aliphatic heterocycles. The molecule has 0 saturated carbocycles. The van der Waals surface area contributed by atoms with Gasteiger partial charge in [0.2, 0.25) is 11.6 Å². The van der Waals surface area contributed by atoms with Crippen LogP contribution in [0.3, 0.4) is 0 Å². The Bertz CT molecular complexity index is 1090. The van der Waals surface area contributed by atoms with Gasteiger partial charge in [-0.05, 0) is 48.4 Å². The number of rotatable bonds is 7. The first-order chi connectivity index (χ1) is 15.1. The van der Waals surface area contributed by atoms with Crippen LogP contribution in [-0.4, -0.2) is 46.9 Å². The molecule has 1 atom stereocenters. The molecule has 0 saturated heterocycles. The van der Waals surface area contributed by atoms with Crippen molar-refractivity contribution in [2.24, 2.45) is 17.8 Å². The highest BCUT2D eigenvalue weighted by molar-refractivity contribution is 6.52. The third kappa shape index (κ3) is 4.59. The second-order valence-electron chi connectivity index (χ2n) is 8.77. The Morgan fingerprint density at radius 1 is 0.844 bits per heavy atom. The van der Waals surface area contributed by atoms with E-state index in [2.05, 4.69) is 48.3 Å². The summed E-state index contributed by atoms with van der Waals surface area (Å²) in [7, 11) is 1.47. The van der Waals surface area contributed by atoms with Crippen LogP contribution in [0.1, 0.15) is 75.8 Å². The van der Waals surface area contributed by atoms with Gasteiger partial charge < -0.3 is 10.6 Å². The average Bonchev–Trinajstić information content (AvgIpc) is 2.78. The largest absolute Gasteiger partial charge is 0.354 e. The van der Waals surface area contributed by atoms with Crippen molar-refractivity contribution < 1.29 is 19.2 Å². The van der Waals surface area contributed by atoms with E-state index in [1.165, 1.54) is 31.3 Å². The Kier molecular flexibility index (Phi) is 6.81. The van der Waals surface area contributed by atoms with Crippen molar-refractivity contribution in [2.45, 2.75) is 34.1 Å². The van der Waals surface area contributed by atoms with Gasteiger partial charge in [-0.3, -0.25) is 19.2 Å². The summed E-state index contributed by atoms with van der Waals surface area (Å²) in [6.07, 6.45) is 0.992. The number of hydrogen-bond acceptors (Lipinski definition) is 6. The Labute approximate surface area is 187 Å².